The van der Waals surface area contributed by atoms with Crippen LogP contribution in [0, 0.1) is 0 Å². The number of pyridine rings is 1. The highest BCUT2D eigenvalue weighted by Crippen LogP contribution is 2.30. The van der Waals surface area contributed by atoms with E-state index in [-0.39, 0.29) is 36.6 Å². The number of amides is 2. The molecular formula is C29H42N4O6S2. The van der Waals surface area contributed by atoms with Crippen LogP contribution in [0.1, 0.15) is 62.6 Å². The van der Waals surface area contributed by atoms with Gasteiger partial charge in [-0.1, -0.05) is 39.8 Å². The van der Waals surface area contributed by atoms with Crippen molar-refractivity contribution >= 4 is 61.9 Å². The van der Waals surface area contributed by atoms with Crippen molar-refractivity contribution in [2.24, 2.45) is 0 Å². The minimum absolute atomic E-state index is 0.0706. The van der Waals surface area contributed by atoms with E-state index in [1.807, 2.05) is 18.2 Å². The second kappa shape index (κ2) is 20.0. The molecule has 12 heteroatoms. The summed E-state index contributed by atoms with van der Waals surface area (Å²) in [4.78, 5) is 49.5. The third-order valence-corrected chi connectivity index (χ3v) is 8.74. The molecule has 1 heterocycles. The molecule has 2 aromatic rings. The number of benzene rings is 1. The summed E-state index contributed by atoms with van der Waals surface area (Å²) < 4.78 is 9.01. The van der Waals surface area contributed by atoms with Crippen LogP contribution in [0.4, 0.5) is 5.69 Å². The molecule has 0 aliphatic heterocycles. The zero-order valence-corrected chi connectivity index (χ0v) is 25.6. The van der Waals surface area contributed by atoms with Crippen LogP contribution >= 0.6 is 21.6 Å². The van der Waals surface area contributed by atoms with Gasteiger partial charge in [0.25, 0.3) is 0 Å². The van der Waals surface area contributed by atoms with Crippen LogP contribution in [0.5, 0.6) is 0 Å². The fraction of sp³-hybridized carbons (Fsp3) is 0.552. The maximum Gasteiger partial charge on any atom is 0.305 e. The average molecular weight is 607 g/mol. The van der Waals surface area contributed by atoms with Crippen LogP contribution in [0.2, 0.25) is 0 Å². The van der Waals surface area contributed by atoms with Crippen molar-refractivity contribution < 1.29 is 28.7 Å². The Morgan fingerprint density at radius 3 is 1.93 bits per heavy atom. The van der Waals surface area contributed by atoms with Crippen molar-refractivity contribution in [3.8, 4) is 0 Å². The molecule has 0 saturated carbocycles. The monoisotopic (exact) mass is 606 g/mol. The highest BCUT2D eigenvalue weighted by molar-refractivity contribution is 8.76. The zero-order chi connectivity index (χ0) is 29.9. The number of nitrogens with one attached hydrogen (secondary N) is 2. The van der Waals surface area contributed by atoms with Crippen LogP contribution < -0.4 is 16.4 Å². The molecule has 10 nitrogen and oxygen atoms in total. The largest absolute Gasteiger partial charge is 0.469 e. The zero-order valence-electron chi connectivity index (χ0n) is 24.0. The number of aromatic nitrogens is 1. The summed E-state index contributed by atoms with van der Waals surface area (Å²) in [5.41, 5.74) is 10.7. The molecular weight excluding hydrogens is 564 g/mol. The molecule has 0 atom stereocenters. The van der Waals surface area contributed by atoms with E-state index >= 15 is 0 Å². The third-order valence-electron chi connectivity index (χ3n) is 6.34. The minimum Gasteiger partial charge on any atom is -0.469 e. The van der Waals surface area contributed by atoms with E-state index in [1.54, 1.807) is 21.6 Å². The molecule has 1 aliphatic carbocycles. The lowest BCUT2D eigenvalue weighted by atomic mass is 9.93. The highest BCUT2D eigenvalue weighted by atomic mass is 33.1. The molecule has 1 aromatic carbocycles. The van der Waals surface area contributed by atoms with Crippen LogP contribution in [0.25, 0.3) is 10.9 Å². The fourth-order valence-corrected chi connectivity index (χ4v) is 5.97. The molecule has 2 amide bonds. The van der Waals surface area contributed by atoms with Gasteiger partial charge < -0.3 is 25.8 Å². The van der Waals surface area contributed by atoms with E-state index in [0.29, 0.717) is 38.8 Å². The number of methoxy groups -OCH3 is 2. The second-order valence-corrected chi connectivity index (χ2v) is 12.1. The van der Waals surface area contributed by atoms with E-state index in [4.69, 9.17) is 10.7 Å². The van der Waals surface area contributed by atoms with E-state index in [9.17, 15) is 19.2 Å². The van der Waals surface area contributed by atoms with Crippen LogP contribution in [-0.2, 0) is 41.5 Å². The standard InChI is InChI=1S/C16H28N2O6S2.C13H14N2/c1-23-15(21)7-3-5-13(19)17-9-11-25-26-12-10-18-14(20)6-4-8-16(22)24-2;14-13-9-5-1-3-7-11(9)15-12-8-4-2-6-10(12)13/h3-12H2,1-2H3,(H,17,19)(H,18,20);1,3,5,7H,2,4,6,8H2,(H2,14,15). The molecule has 1 aliphatic rings. The van der Waals surface area contributed by atoms with Crippen molar-refractivity contribution in [3.05, 3.63) is 35.5 Å². The Morgan fingerprint density at radius 1 is 0.829 bits per heavy atom. The molecule has 0 bridgehead atoms. The maximum atomic E-state index is 11.5. The summed E-state index contributed by atoms with van der Waals surface area (Å²) in [6, 6.07) is 8.15. The number of ether oxygens (including phenoxy) is 2. The number of esters is 2. The predicted octanol–water partition coefficient (Wildman–Crippen LogP) is 3.98. The summed E-state index contributed by atoms with van der Waals surface area (Å²) in [5, 5.41) is 6.69. The topological polar surface area (TPSA) is 150 Å². The van der Waals surface area contributed by atoms with Gasteiger partial charge in [-0.05, 0) is 50.2 Å². The Morgan fingerprint density at radius 2 is 1.37 bits per heavy atom. The van der Waals surface area contributed by atoms with Gasteiger partial charge in [-0.3, -0.25) is 24.2 Å². The van der Waals surface area contributed by atoms with Gasteiger partial charge in [0.1, 0.15) is 0 Å². The smallest absolute Gasteiger partial charge is 0.305 e. The number of para-hydroxylation sites is 1. The number of aryl methyl sites for hydroxylation is 1. The minimum atomic E-state index is -0.305. The van der Waals surface area contributed by atoms with Gasteiger partial charge >= 0.3 is 11.9 Å². The number of anilines is 1. The van der Waals surface area contributed by atoms with Gasteiger partial charge in [0.2, 0.25) is 11.8 Å². The summed E-state index contributed by atoms with van der Waals surface area (Å²) in [7, 11) is 5.89. The number of carbonyl (C=O) groups excluding carboxylic acids is 4. The Kier molecular flexibility index (Phi) is 16.7. The number of carbonyl (C=O) groups is 4. The van der Waals surface area contributed by atoms with Gasteiger partial charge in [-0.25, -0.2) is 0 Å². The lowest BCUT2D eigenvalue weighted by Gasteiger charge is -2.18. The third kappa shape index (κ3) is 13.5. The van der Waals surface area contributed by atoms with Gasteiger partial charge in [-0.2, -0.15) is 0 Å². The number of hydrogen-bond acceptors (Lipinski definition) is 10. The highest BCUT2D eigenvalue weighted by Gasteiger charge is 2.15. The molecule has 1 aromatic heterocycles. The van der Waals surface area contributed by atoms with Crippen LogP contribution in [0.15, 0.2) is 24.3 Å². The van der Waals surface area contributed by atoms with Crippen molar-refractivity contribution in [2.45, 2.75) is 64.2 Å². The SMILES string of the molecule is COC(=O)CCCC(=O)NCCSSCCNC(=O)CCCC(=O)OC.Nc1c2c(nc3ccccc13)CCCC2. The Bertz CT molecular complexity index is 1110. The molecule has 0 saturated heterocycles. The Labute approximate surface area is 250 Å². The van der Waals surface area contributed by atoms with E-state index in [1.165, 1.54) is 38.3 Å². The van der Waals surface area contributed by atoms with Gasteiger partial charge in [-0.15, -0.1) is 0 Å². The first-order valence-corrected chi connectivity index (χ1v) is 16.4. The predicted molar refractivity (Wildman–Crippen MR) is 165 cm³/mol. The molecule has 3 rings (SSSR count). The first-order valence-electron chi connectivity index (χ1n) is 13.9. The number of nitrogens with zero attached hydrogens (tertiary/aromatic N) is 1. The number of fused-ring (bicyclic) bond motifs is 2. The van der Waals surface area contributed by atoms with Crippen LogP contribution in [0.3, 0.4) is 0 Å². The van der Waals surface area contributed by atoms with Crippen molar-refractivity contribution in [2.75, 3.05) is 44.5 Å². The maximum absolute atomic E-state index is 11.5. The first-order chi connectivity index (χ1) is 19.8. The number of nitrogen functional groups attached to an aromatic ring is 1. The van der Waals surface area contributed by atoms with Crippen molar-refractivity contribution in [1.82, 2.24) is 15.6 Å². The molecule has 0 unspecified atom stereocenters. The van der Waals surface area contributed by atoms with E-state index in [2.05, 4.69) is 26.2 Å². The van der Waals surface area contributed by atoms with Crippen molar-refractivity contribution in [3.63, 3.8) is 0 Å². The van der Waals surface area contributed by atoms with Crippen LogP contribution in [-0.4, -0.2) is 67.6 Å². The quantitative estimate of drug-likeness (QED) is 0.154. The lowest BCUT2D eigenvalue weighted by Crippen LogP contribution is -2.26. The lowest BCUT2D eigenvalue weighted by molar-refractivity contribution is -0.141. The van der Waals surface area contributed by atoms with Gasteiger partial charge in [0.05, 0.1) is 19.7 Å². The van der Waals surface area contributed by atoms with E-state index < -0.39 is 0 Å². The van der Waals surface area contributed by atoms with Gasteiger partial charge in [0.15, 0.2) is 0 Å². The molecule has 0 radical (unpaired) electrons. The Hall–Kier alpha value is -2.99. The summed E-state index contributed by atoms with van der Waals surface area (Å²) in [5.74, 6) is 0.777. The molecule has 226 valence electrons. The van der Waals surface area contributed by atoms with Crippen molar-refractivity contribution in [1.29, 1.82) is 0 Å². The Balaban J connectivity index is 0.000000325. The van der Waals surface area contributed by atoms with Gasteiger partial charge in [0, 0.05) is 67.0 Å². The fourth-order valence-electron chi connectivity index (χ4n) is 4.16. The molecule has 4 N–H and O–H groups in total. The molecule has 41 heavy (non-hydrogen) atoms. The normalized spacial score (nSPS) is 12.0. The first kappa shape index (κ1) is 34.2. The second-order valence-electron chi connectivity index (χ2n) is 9.38. The number of hydrogen-bond donors (Lipinski definition) is 3. The summed E-state index contributed by atoms with van der Waals surface area (Å²) in [6.07, 6.45) is 6.79. The molecule has 0 spiro atoms. The number of rotatable bonds is 15. The van der Waals surface area contributed by atoms with E-state index in [0.717, 1.165) is 40.9 Å². The summed E-state index contributed by atoms with van der Waals surface area (Å²) in [6.45, 7) is 1.13. The summed E-state index contributed by atoms with van der Waals surface area (Å²) >= 11 is 0. The number of nitrogens with two attached hydrogens (primary N) is 1. The molecule has 0 fully saturated rings. The average Bonchev–Trinajstić information content (AvgIpc) is 2.98.